The van der Waals surface area contributed by atoms with E-state index in [1.165, 1.54) is 37.7 Å². The monoisotopic (exact) mass is 413 g/mol. The van der Waals surface area contributed by atoms with Crippen molar-refractivity contribution in [3.05, 3.63) is 66.6 Å². The van der Waals surface area contributed by atoms with E-state index in [1.54, 1.807) is 12.5 Å². The van der Waals surface area contributed by atoms with Gasteiger partial charge >= 0.3 is 0 Å². The van der Waals surface area contributed by atoms with E-state index in [9.17, 15) is 0 Å². The maximum Gasteiger partial charge on any atom is 0.223 e. The van der Waals surface area contributed by atoms with Gasteiger partial charge in [-0.1, -0.05) is 49.1 Å². The number of aryl methyl sites for hydroxylation is 1. The van der Waals surface area contributed by atoms with Gasteiger partial charge in [0, 0.05) is 24.0 Å². The maximum atomic E-state index is 4.86. The molecule has 7 heteroatoms. The second-order valence-electron chi connectivity index (χ2n) is 8.20. The van der Waals surface area contributed by atoms with Crippen LogP contribution in [0, 0.1) is 6.92 Å². The first-order valence-corrected chi connectivity index (χ1v) is 11.0. The van der Waals surface area contributed by atoms with Crippen molar-refractivity contribution in [3.63, 3.8) is 0 Å². The molecule has 0 spiro atoms. The molecule has 1 aromatic carbocycles. The van der Waals surface area contributed by atoms with Crippen molar-refractivity contribution in [2.24, 2.45) is 0 Å². The Morgan fingerprint density at radius 2 is 1.90 bits per heavy atom. The molecule has 1 saturated carbocycles. The number of benzene rings is 1. The normalized spacial score (nSPS) is 14.6. The average molecular weight is 414 g/mol. The molecular formula is C24H27N7. The van der Waals surface area contributed by atoms with E-state index in [0.717, 1.165) is 28.3 Å². The Bertz CT molecular complexity index is 1120. The van der Waals surface area contributed by atoms with Crippen molar-refractivity contribution in [1.82, 2.24) is 29.5 Å². The minimum atomic E-state index is 0.465. The standard InChI is InChI=1S/C24H27N7/c1-17-7-9-18(10-8-17)22-23(31(16-29-22)20-5-3-2-4-6-20)21-11-12-26-24(30-21)27-14-19-13-25-15-28-19/h7-13,15-16,20H,2-6,14H2,1H3,(H,25,28)(H,26,27,30). The van der Waals surface area contributed by atoms with Crippen LogP contribution in [0.5, 0.6) is 0 Å². The quantitative estimate of drug-likeness (QED) is 0.456. The predicted octanol–water partition coefficient (Wildman–Crippen LogP) is 5.16. The Morgan fingerprint density at radius 1 is 1.06 bits per heavy atom. The van der Waals surface area contributed by atoms with Gasteiger partial charge in [0.05, 0.1) is 42.0 Å². The second kappa shape index (κ2) is 8.71. The van der Waals surface area contributed by atoms with Gasteiger partial charge < -0.3 is 14.9 Å². The number of nitrogens with one attached hydrogen (secondary N) is 2. The van der Waals surface area contributed by atoms with Crippen LogP contribution in [0.4, 0.5) is 5.95 Å². The van der Waals surface area contributed by atoms with Gasteiger partial charge in [-0.3, -0.25) is 0 Å². The molecule has 1 aliphatic rings. The Hall–Kier alpha value is -3.48. The molecule has 0 amide bonds. The van der Waals surface area contributed by atoms with Crippen LogP contribution in [0.25, 0.3) is 22.6 Å². The van der Waals surface area contributed by atoms with Gasteiger partial charge in [0.15, 0.2) is 0 Å². The molecule has 1 aliphatic carbocycles. The smallest absolute Gasteiger partial charge is 0.223 e. The molecule has 0 unspecified atom stereocenters. The highest BCUT2D eigenvalue weighted by molar-refractivity contribution is 5.77. The molecule has 31 heavy (non-hydrogen) atoms. The summed E-state index contributed by atoms with van der Waals surface area (Å²) in [7, 11) is 0. The molecule has 0 aliphatic heterocycles. The highest BCUT2D eigenvalue weighted by Gasteiger charge is 2.23. The summed E-state index contributed by atoms with van der Waals surface area (Å²) < 4.78 is 2.34. The van der Waals surface area contributed by atoms with Gasteiger partial charge in [-0.15, -0.1) is 0 Å². The first kappa shape index (κ1) is 19.5. The van der Waals surface area contributed by atoms with Gasteiger partial charge in [-0.05, 0) is 25.8 Å². The largest absolute Gasteiger partial charge is 0.349 e. The molecule has 0 atom stereocenters. The van der Waals surface area contributed by atoms with Gasteiger partial charge in [-0.2, -0.15) is 0 Å². The van der Waals surface area contributed by atoms with E-state index < -0.39 is 0 Å². The van der Waals surface area contributed by atoms with Crippen molar-refractivity contribution in [1.29, 1.82) is 0 Å². The minimum absolute atomic E-state index is 0.465. The molecule has 0 saturated heterocycles. The summed E-state index contributed by atoms with van der Waals surface area (Å²) in [6.07, 6.45) is 13.5. The molecule has 2 N–H and O–H groups in total. The first-order chi connectivity index (χ1) is 15.3. The van der Waals surface area contributed by atoms with Crippen molar-refractivity contribution in [2.75, 3.05) is 5.32 Å². The number of hydrogen-bond acceptors (Lipinski definition) is 5. The number of aromatic nitrogens is 6. The Balaban J connectivity index is 1.53. The van der Waals surface area contributed by atoms with E-state index in [0.29, 0.717) is 18.5 Å². The van der Waals surface area contributed by atoms with Crippen LogP contribution in [0.2, 0.25) is 0 Å². The van der Waals surface area contributed by atoms with Crippen LogP contribution in [-0.4, -0.2) is 29.5 Å². The number of H-pyrrole nitrogens is 1. The molecule has 158 valence electrons. The average Bonchev–Trinajstić information content (AvgIpc) is 3.49. The number of anilines is 1. The fourth-order valence-electron chi connectivity index (χ4n) is 4.30. The van der Waals surface area contributed by atoms with E-state index >= 15 is 0 Å². The van der Waals surface area contributed by atoms with Crippen LogP contribution < -0.4 is 5.32 Å². The molecule has 3 aromatic heterocycles. The molecule has 5 rings (SSSR count). The topological polar surface area (TPSA) is 84.3 Å². The molecule has 0 bridgehead atoms. The predicted molar refractivity (Wildman–Crippen MR) is 121 cm³/mol. The number of rotatable bonds is 6. The zero-order chi connectivity index (χ0) is 21.0. The summed E-state index contributed by atoms with van der Waals surface area (Å²) in [5.41, 5.74) is 6.28. The lowest BCUT2D eigenvalue weighted by Crippen LogP contribution is -2.14. The molecule has 0 radical (unpaired) electrons. The Labute approximate surface area is 182 Å². The third kappa shape index (κ3) is 4.21. The molecular weight excluding hydrogens is 386 g/mol. The van der Waals surface area contributed by atoms with Crippen LogP contribution in [0.3, 0.4) is 0 Å². The highest BCUT2D eigenvalue weighted by Crippen LogP contribution is 2.37. The summed E-state index contributed by atoms with van der Waals surface area (Å²) in [4.78, 5) is 21.3. The summed E-state index contributed by atoms with van der Waals surface area (Å²) >= 11 is 0. The fourth-order valence-corrected chi connectivity index (χ4v) is 4.30. The van der Waals surface area contributed by atoms with Crippen LogP contribution in [0.1, 0.15) is 49.4 Å². The van der Waals surface area contributed by atoms with Crippen molar-refractivity contribution in [3.8, 4) is 22.6 Å². The van der Waals surface area contributed by atoms with Crippen LogP contribution in [0.15, 0.2) is 55.4 Å². The van der Waals surface area contributed by atoms with Gasteiger partial charge in [0.2, 0.25) is 5.95 Å². The van der Waals surface area contributed by atoms with E-state index in [4.69, 9.17) is 9.97 Å². The number of nitrogens with zero attached hydrogens (tertiary/aromatic N) is 5. The summed E-state index contributed by atoms with van der Waals surface area (Å²) in [6, 6.07) is 11.0. The second-order valence-corrected chi connectivity index (χ2v) is 8.20. The van der Waals surface area contributed by atoms with Crippen LogP contribution >= 0.6 is 0 Å². The molecule has 1 fully saturated rings. The maximum absolute atomic E-state index is 4.86. The summed E-state index contributed by atoms with van der Waals surface area (Å²) in [6.45, 7) is 2.70. The zero-order valence-electron chi connectivity index (χ0n) is 17.8. The third-order valence-corrected chi connectivity index (χ3v) is 5.98. The fraction of sp³-hybridized carbons (Fsp3) is 0.333. The van der Waals surface area contributed by atoms with Gasteiger partial charge in [-0.25, -0.2) is 19.9 Å². The number of imidazole rings is 2. The van der Waals surface area contributed by atoms with Crippen molar-refractivity contribution >= 4 is 5.95 Å². The van der Waals surface area contributed by atoms with E-state index in [-0.39, 0.29) is 0 Å². The first-order valence-electron chi connectivity index (χ1n) is 11.0. The highest BCUT2D eigenvalue weighted by atomic mass is 15.1. The number of aromatic amines is 1. The Kier molecular flexibility index (Phi) is 5.48. The van der Waals surface area contributed by atoms with Crippen molar-refractivity contribution < 1.29 is 0 Å². The van der Waals surface area contributed by atoms with E-state index in [1.807, 2.05) is 18.6 Å². The minimum Gasteiger partial charge on any atom is -0.349 e. The molecule has 4 aromatic rings. The summed E-state index contributed by atoms with van der Waals surface area (Å²) in [5, 5.41) is 3.29. The SMILES string of the molecule is Cc1ccc(-c2ncn(C3CCCCC3)c2-c2ccnc(NCc3cnc[nH]3)n2)cc1. The number of hydrogen-bond donors (Lipinski definition) is 2. The van der Waals surface area contributed by atoms with E-state index in [2.05, 4.69) is 56.0 Å². The molecule has 3 heterocycles. The lowest BCUT2D eigenvalue weighted by molar-refractivity contribution is 0.355. The third-order valence-electron chi connectivity index (χ3n) is 5.98. The van der Waals surface area contributed by atoms with Crippen LogP contribution in [-0.2, 0) is 6.54 Å². The molecule has 7 nitrogen and oxygen atoms in total. The lowest BCUT2D eigenvalue weighted by Gasteiger charge is -2.25. The van der Waals surface area contributed by atoms with Gasteiger partial charge in [0.25, 0.3) is 0 Å². The van der Waals surface area contributed by atoms with Gasteiger partial charge in [0.1, 0.15) is 0 Å². The summed E-state index contributed by atoms with van der Waals surface area (Å²) in [5.74, 6) is 0.596. The van der Waals surface area contributed by atoms with Crippen molar-refractivity contribution in [2.45, 2.75) is 51.6 Å². The zero-order valence-corrected chi connectivity index (χ0v) is 17.8. The Morgan fingerprint density at radius 3 is 2.68 bits per heavy atom. The lowest BCUT2D eigenvalue weighted by atomic mass is 9.95.